The van der Waals surface area contributed by atoms with Crippen LogP contribution >= 0.6 is 0 Å². The van der Waals surface area contributed by atoms with Crippen molar-refractivity contribution in [1.82, 2.24) is 4.98 Å². The Morgan fingerprint density at radius 2 is 0.783 bits per heavy atom. The molecule has 0 aliphatic carbocycles. The first-order valence-electron chi connectivity index (χ1n) is 15.9. The molecule has 0 unspecified atom stereocenters. The zero-order valence-corrected chi connectivity index (χ0v) is 26.1. The summed E-state index contributed by atoms with van der Waals surface area (Å²) < 4.78 is 6.47. The second kappa shape index (κ2) is 10.2. The summed E-state index contributed by atoms with van der Waals surface area (Å²) in [5.74, 6) is 0.646. The molecule has 0 radical (unpaired) electrons. The van der Waals surface area contributed by atoms with Crippen LogP contribution in [0.1, 0.15) is 16.7 Å². The van der Waals surface area contributed by atoms with E-state index in [2.05, 4.69) is 130 Å². The summed E-state index contributed by atoms with van der Waals surface area (Å²) in [6, 6.07) is 48.1. The predicted octanol–water partition coefficient (Wildman–Crippen LogP) is 12.3. The van der Waals surface area contributed by atoms with E-state index >= 15 is 0 Å². The van der Waals surface area contributed by atoms with E-state index in [1.165, 1.54) is 77.0 Å². The van der Waals surface area contributed by atoms with Crippen LogP contribution in [0, 0.1) is 20.8 Å². The van der Waals surface area contributed by atoms with Gasteiger partial charge in [-0.3, -0.25) is 0 Å². The molecule has 0 fully saturated rings. The molecule has 2 heteroatoms. The fourth-order valence-corrected chi connectivity index (χ4v) is 7.45. The van der Waals surface area contributed by atoms with Crippen LogP contribution in [0.15, 0.2) is 138 Å². The molecule has 0 aliphatic heterocycles. The van der Waals surface area contributed by atoms with E-state index in [0.717, 1.165) is 22.0 Å². The lowest BCUT2D eigenvalue weighted by Gasteiger charge is -2.22. The molecule has 9 rings (SSSR count). The first kappa shape index (κ1) is 26.7. The number of hydrogen-bond donors (Lipinski definition) is 0. The van der Waals surface area contributed by atoms with Crippen LogP contribution in [-0.2, 0) is 0 Å². The van der Waals surface area contributed by atoms with Gasteiger partial charge in [0.25, 0.3) is 0 Å². The third-order valence-corrected chi connectivity index (χ3v) is 9.73. The lowest BCUT2D eigenvalue weighted by atomic mass is 9.81. The van der Waals surface area contributed by atoms with Gasteiger partial charge in [-0.15, -0.1) is 0 Å². The summed E-state index contributed by atoms with van der Waals surface area (Å²) in [5, 5.41) is 7.42. The van der Waals surface area contributed by atoms with Crippen LogP contribution < -0.4 is 0 Å². The average molecular weight is 590 g/mol. The minimum absolute atomic E-state index is 0.646. The van der Waals surface area contributed by atoms with Gasteiger partial charge in [0, 0.05) is 5.56 Å². The zero-order chi connectivity index (χ0) is 30.9. The Morgan fingerprint density at radius 3 is 1.24 bits per heavy atom. The minimum Gasteiger partial charge on any atom is -0.436 e. The minimum atomic E-state index is 0.646. The van der Waals surface area contributed by atoms with Crippen molar-refractivity contribution < 1.29 is 4.42 Å². The number of rotatable bonds is 4. The second-order valence-corrected chi connectivity index (χ2v) is 12.4. The lowest BCUT2D eigenvalue weighted by Crippen LogP contribution is -1.96. The molecule has 0 saturated heterocycles. The third-order valence-electron chi connectivity index (χ3n) is 9.73. The number of benzene rings is 8. The van der Waals surface area contributed by atoms with Crippen molar-refractivity contribution in [3.05, 3.63) is 150 Å². The molecule has 1 heterocycles. The van der Waals surface area contributed by atoms with Crippen LogP contribution in [0.4, 0.5) is 0 Å². The molecule has 1 aromatic heterocycles. The van der Waals surface area contributed by atoms with Crippen molar-refractivity contribution in [3.8, 4) is 44.8 Å². The maximum Gasteiger partial charge on any atom is 0.227 e. The molecule has 0 atom stereocenters. The second-order valence-electron chi connectivity index (χ2n) is 12.4. The number of para-hydroxylation sites is 2. The summed E-state index contributed by atoms with van der Waals surface area (Å²) in [6.45, 7) is 6.61. The van der Waals surface area contributed by atoms with E-state index in [0.29, 0.717) is 5.89 Å². The Kier molecular flexibility index (Phi) is 5.88. The van der Waals surface area contributed by atoms with Gasteiger partial charge in [-0.05, 0) is 127 Å². The van der Waals surface area contributed by atoms with E-state index in [9.17, 15) is 0 Å². The normalized spacial score (nSPS) is 11.8. The molecule has 8 aromatic carbocycles. The molecular formula is C44H31NO. The highest BCUT2D eigenvalue weighted by molar-refractivity contribution is 6.32. The van der Waals surface area contributed by atoms with Gasteiger partial charge in [-0.25, -0.2) is 4.98 Å². The Hall–Kier alpha value is -5.73. The molecule has 0 bridgehead atoms. The van der Waals surface area contributed by atoms with Gasteiger partial charge >= 0.3 is 0 Å². The average Bonchev–Trinajstić information content (AvgIpc) is 3.52. The van der Waals surface area contributed by atoms with Crippen LogP contribution in [0.25, 0.3) is 88.3 Å². The first-order valence-corrected chi connectivity index (χ1v) is 15.9. The van der Waals surface area contributed by atoms with E-state index in [-0.39, 0.29) is 0 Å². The maximum atomic E-state index is 6.47. The highest BCUT2D eigenvalue weighted by atomic mass is 16.3. The predicted molar refractivity (Wildman–Crippen MR) is 194 cm³/mol. The number of fused-ring (bicyclic) bond motifs is 1. The van der Waals surface area contributed by atoms with Crippen molar-refractivity contribution in [3.63, 3.8) is 0 Å². The Labute approximate surface area is 267 Å². The monoisotopic (exact) mass is 589 g/mol. The zero-order valence-electron chi connectivity index (χ0n) is 26.1. The van der Waals surface area contributed by atoms with Crippen molar-refractivity contribution in [1.29, 1.82) is 0 Å². The van der Waals surface area contributed by atoms with Crippen molar-refractivity contribution >= 4 is 43.4 Å². The maximum absolute atomic E-state index is 6.47. The molecule has 218 valence electrons. The highest BCUT2D eigenvalue weighted by Gasteiger charge is 2.23. The van der Waals surface area contributed by atoms with E-state index in [1.807, 2.05) is 24.3 Å². The van der Waals surface area contributed by atoms with Crippen molar-refractivity contribution in [2.45, 2.75) is 20.8 Å². The summed E-state index contributed by atoms with van der Waals surface area (Å²) in [4.78, 5) is 5.01. The fourth-order valence-electron chi connectivity index (χ4n) is 7.45. The van der Waals surface area contributed by atoms with E-state index in [1.54, 1.807) is 0 Å². The molecule has 2 nitrogen and oxygen atoms in total. The fraction of sp³-hybridized carbons (Fsp3) is 0.0682. The number of oxazole rings is 1. The molecule has 0 amide bonds. The van der Waals surface area contributed by atoms with Gasteiger partial charge in [-0.1, -0.05) is 109 Å². The number of aryl methyl sites for hydroxylation is 3. The molecule has 0 saturated carbocycles. The topological polar surface area (TPSA) is 26.0 Å². The molecule has 0 N–H and O–H groups in total. The smallest absolute Gasteiger partial charge is 0.227 e. The van der Waals surface area contributed by atoms with Crippen LogP contribution in [0.5, 0.6) is 0 Å². The van der Waals surface area contributed by atoms with Gasteiger partial charge in [0.1, 0.15) is 5.52 Å². The summed E-state index contributed by atoms with van der Waals surface area (Å²) in [6.07, 6.45) is 0. The van der Waals surface area contributed by atoms with Gasteiger partial charge in [-0.2, -0.15) is 0 Å². The van der Waals surface area contributed by atoms with E-state index in [4.69, 9.17) is 9.40 Å². The standard InChI is InChI=1S/C44H31NO/c1-26-12-4-7-15-29(26)36-24-37(30-16-8-5-13-27(30)2)33-22-23-35-39(44-45-40-18-10-11-19-41(40)46-44)25-38(31-17-9-6-14-28(31)3)34-21-20-32(36)42(33)43(34)35/h4-25H,1-3H3. The number of aromatic nitrogens is 1. The number of hydrogen-bond acceptors (Lipinski definition) is 2. The van der Waals surface area contributed by atoms with Crippen molar-refractivity contribution in [2.24, 2.45) is 0 Å². The lowest BCUT2D eigenvalue weighted by molar-refractivity contribution is 0.620. The first-order chi connectivity index (χ1) is 22.6. The van der Waals surface area contributed by atoms with Crippen molar-refractivity contribution in [2.75, 3.05) is 0 Å². The Morgan fingerprint density at radius 1 is 0.391 bits per heavy atom. The molecular weight excluding hydrogens is 558 g/mol. The SMILES string of the molecule is Cc1ccccc1-c1cc(-c2nc3ccccc3o2)c2ccc3c(-c4ccccc4C)cc(-c4ccccc4C)c4ccc1c2c34. The van der Waals surface area contributed by atoms with Gasteiger partial charge < -0.3 is 4.42 Å². The summed E-state index contributed by atoms with van der Waals surface area (Å²) in [5.41, 5.74) is 13.9. The largest absolute Gasteiger partial charge is 0.436 e. The molecule has 0 spiro atoms. The Balaban J connectivity index is 1.50. The molecule has 0 aliphatic rings. The quantitative estimate of drug-likeness (QED) is 0.191. The van der Waals surface area contributed by atoms with Gasteiger partial charge in [0.2, 0.25) is 5.89 Å². The Bertz CT molecular complexity index is 2520. The molecule has 46 heavy (non-hydrogen) atoms. The number of nitrogens with zero attached hydrogens (tertiary/aromatic N) is 1. The third kappa shape index (κ3) is 3.93. The summed E-state index contributed by atoms with van der Waals surface area (Å²) in [7, 11) is 0. The molecule has 9 aromatic rings. The van der Waals surface area contributed by atoms with Gasteiger partial charge in [0.15, 0.2) is 5.58 Å². The van der Waals surface area contributed by atoms with Crippen LogP contribution in [0.3, 0.4) is 0 Å². The van der Waals surface area contributed by atoms with Gasteiger partial charge in [0.05, 0.1) is 0 Å². The van der Waals surface area contributed by atoms with Crippen LogP contribution in [-0.4, -0.2) is 4.98 Å². The van der Waals surface area contributed by atoms with Crippen LogP contribution in [0.2, 0.25) is 0 Å². The highest BCUT2D eigenvalue weighted by Crippen LogP contribution is 2.49. The summed E-state index contributed by atoms with van der Waals surface area (Å²) >= 11 is 0. The van der Waals surface area contributed by atoms with E-state index < -0.39 is 0 Å².